The molecule has 7 heteroatoms. The Bertz CT molecular complexity index is 502. The van der Waals surface area contributed by atoms with Gasteiger partial charge in [0, 0.05) is 16.8 Å². The first kappa shape index (κ1) is 13.7. The van der Waals surface area contributed by atoms with E-state index in [4.69, 9.17) is 23.2 Å². The second-order valence-corrected chi connectivity index (χ2v) is 6.43. The Morgan fingerprint density at radius 1 is 1.44 bits per heavy atom. The van der Waals surface area contributed by atoms with Crippen LogP contribution in [0.15, 0.2) is 12.1 Å². The Kier molecular flexibility index (Phi) is 4.17. The van der Waals surface area contributed by atoms with Crippen LogP contribution in [0.3, 0.4) is 0 Å². The van der Waals surface area contributed by atoms with Gasteiger partial charge in [-0.25, -0.2) is 12.8 Å². The van der Waals surface area contributed by atoms with Gasteiger partial charge < -0.3 is 5.11 Å². The smallest absolute Gasteiger partial charge is 0.150 e. The Labute approximate surface area is 103 Å². The maximum Gasteiger partial charge on any atom is 0.150 e. The zero-order chi connectivity index (χ0) is 12.5. The second-order valence-electron chi connectivity index (χ2n) is 3.40. The largest absolute Gasteiger partial charge is 0.387 e. The van der Waals surface area contributed by atoms with Crippen molar-refractivity contribution in [3.63, 3.8) is 0 Å². The maximum atomic E-state index is 13.5. The van der Waals surface area contributed by atoms with Crippen molar-refractivity contribution in [2.24, 2.45) is 0 Å². The molecule has 1 unspecified atom stereocenters. The van der Waals surface area contributed by atoms with E-state index in [-0.39, 0.29) is 15.6 Å². The first-order chi connectivity index (χ1) is 7.20. The van der Waals surface area contributed by atoms with E-state index in [0.717, 1.165) is 12.3 Å². The molecule has 3 nitrogen and oxygen atoms in total. The molecule has 0 radical (unpaired) electrons. The third-order valence-corrected chi connectivity index (χ3v) is 3.26. The Hall–Kier alpha value is -0.360. The molecule has 1 rings (SSSR count). The van der Waals surface area contributed by atoms with Crippen LogP contribution in [0, 0.1) is 5.82 Å². The van der Waals surface area contributed by atoms with Gasteiger partial charge in [0.15, 0.2) is 0 Å². The third-order valence-electron chi connectivity index (χ3n) is 1.84. The van der Waals surface area contributed by atoms with Crippen LogP contribution in [0.5, 0.6) is 0 Å². The predicted molar refractivity (Wildman–Crippen MR) is 61.1 cm³/mol. The first-order valence-electron chi connectivity index (χ1n) is 4.21. The van der Waals surface area contributed by atoms with E-state index in [2.05, 4.69) is 0 Å². The SMILES string of the molecule is CS(=O)(=O)CC(O)c1cc(Cl)cc(Cl)c1F. The Balaban J connectivity index is 3.13. The average Bonchev–Trinajstić information content (AvgIpc) is 2.08. The molecule has 0 aliphatic carbocycles. The first-order valence-corrected chi connectivity index (χ1v) is 7.02. The molecular formula is C9H9Cl2FO3S. The fraction of sp³-hybridized carbons (Fsp3) is 0.333. The van der Waals surface area contributed by atoms with Gasteiger partial charge in [-0.2, -0.15) is 0 Å². The molecule has 1 aromatic carbocycles. The van der Waals surface area contributed by atoms with Gasteiger partial charge in [-0.05, 0) is 12.1 Å². The summed E-state index contributed by atoms with van der Waals surface area (Å²) in [6, 6.07) is 2.33. The van der Waals surface area contributed by atoms with Crippen molar-refractivity contribution in [3.8, 4) is 0 Å². The monoisotopic (exact) mass is 286 g/mol. The minimum Gasteiger partial charge on any atom is -0.387 e. The molecule has 0 saturated carbocycles. The normalized spacial score (nSPS) is 13.8. The molecule has 0 amide bonds. The summed E-state index contributed by atoms with van der Waals surface area (Å²) in [4.78, 5) is 0. The number of aliphatic hydroxyl groups is 1. The van der Waals surface area contributed by atoms with E-state index < -0.39 is 27.5 Å². The van der Waals surface area contributed by atoms with Crippen LogP contribution in [0.1, 0.15) is 11.7 Å². The van der Waals surface area contributed by atoms with Crippen LogP contribution in [-0.2, 0) is 9.84 Å². The summed E-state index contributed by atoms with van der Waals surface area (Å²) < 4.78 is 35.4. The van der Waals surface area contributed by atoms with E-state index in [1.54, 1.807) is 0 Å². The average molecular weight is 287 g/mol. The minimum absolute atomic E-state index is 0.133. The third kappa shape index (κ3) is 3.59. The summed E-state index contributed by atoms with van der Waals surface area (Å²) in [6.45, 7) is 0. The van der Waals surface area contributed by atoms with Crippen molar-refractivity contribution >= 4 is 33.0 Å². The maximum absolute atomic E-state index is 13.5. The lowest BCUT2D eigenvalue weighted by Gasteiger charge is -2.12. The van der Waals surface area contributed by atoms with E-state index in [9.17, 15) is 17.9 Å². The summed E-state index contributed by atoms with van der Waals surface area (Å²) in [7, 11) is -3.42. The van der Waals surface area contributed by atoms with Crippen LogP contribution in [-0.4, -0.2) is 25.5 Å². The molecule has 16 heavy (non-hydrogen) atoms. The van der Waals surface area contributed by atoms with Crippen molar-refractivity contribution in [2.45, 2.75) is 6.10 Å². The molecule has 0 aliphatic rings. The van der Waals surface area contributed by atoms with Gasteiger partial charge in [-0.3, -0.25) is 0 Å². The molecule has 0 aromatic heterocycles. The highest BCUT2D eigenvalue weighted by Gasteiger charge is 2.20. The van der Waals surface area contributed by atoms with Crippen LogP contribution in [0.4, 0.5) is 4.39 Å². The van der Waals surface area contributed by atoms with Crippen molar-refractivity contribution < 1.29 is 17.9 Å². The van der Waals surface area contributed by atoms with Crippen LogP contribution in [0.25, 0.3) is 0 Å². The van der Waals surface area contributed by atoms with E-state index in [1.165, 1.54) is 6.07 Å². The summed E-state index contributed by atoms with van der Waals surface area (Å²) in [5, 5.41) is 9.43. The summed E-state index contributed by atoms with van der Waals surface area (Å²) >= 11 is 11.1. The highest BCUT2D eigenvalue weighted by molar-refractivity contribution is 7.90. The molecule has 90 valence electrons. The highest BCUT2D eigenvalue weighted by Crippen LogP contribution is 2.28. The molecule has 0 fully saturated rings. The van der Waals surface area contributed by atoms with Gasteiger partial charge in [0.1, 0.15) is 15.7 Å². The summed E-state index contributed by atoms with van der Waals surface area (Å²) in [5.74, 6) is -1.44. The molecule has 1 atom stereocenters. The van der Waals surface area contributed by atoms with Crippen molar-refractivity contribution in [1.82, 2.24) is 0 Å². The number of halogens is 3. The van der Waals surface area contributed by atoms with Crippen LogP contribution >= 0.6 is 23.2 Å². The fourth-order valence-electron chi connectivity index (χ4n) is 1.19. The number of hydrogen-bond donors (Lipinski definition) is 1. The van der Waals surface area contributed by atoms with Gasteiger partial charge in [0.25, 0.3) is 0 Å². The second kappa shape index (κ2) is 4.87. The number of hydrogen-bond acceptors (Lipinski definition) is 3. The summed E-state index contributed by atoms with van der Waals surface area (Å²) in [5.41, 5.74) is -0.220. The van der Waals surface area contributed by atoms with E-state index in [1.807, 2.05) is 0 Å². The number of aliphatic hydroxyl groups excluding tert-OH is 1. The molecule has 0 spiro atoms. The van der Waals surface area contributed by atoms with E-state index in [0.29, 0.717) is 0 Å². The lowest BCUT2D eigenvalue weighted by molar-refractivity contribution is 0.197. The van der Waals surface area contributed by atoms with Gasteiger partial charge in [0.2, 0.25) is 0 Å². The zero-order valence-electron chi connectivity index (χ0n) is 8.25. The van der Waals surface area contributed by atoms with Gasteiger partial charge >= 0.3 is 0 Å². The van der Waals surface area contributed by atoms with Gasteiger partial charge in [-0.15, -0.1) is 0 Å². The highest BCUT2D eigenvalue weighted by atomic mass is 35.5. The molecule has 0 saturated heterocycles. The predicted octanol–water partition coefficient (Wildman–Crippen LogP) is 2.21. The standard InChI is InChI=1S/C9H9Cl2FO3S/c1-16(14,15)4-8(13)6-2-5(10)3-7(11)9(6)12/h2-3,8,13H,4H2,1H3. The quantitative estimate of drug-likeness (QED) is 0.867. The van der Waals surface area contributed by atoms with Crippen molar-refractivity contribution in [1.29, 1.82) is 0 Å². The topological polar surface area (TPSA) is 54.4 Å². The molecular weight excluding hydrogens is 278 g/mol. The zero-order valence-corrected chi connectivity index (χ0v) is 10.6. The lowest BCUT2D eigenvalue weighted by Crippen LogP contribution is -2.14. The molecule has 0 bridgehead atoms. The van der Waals surface area contributed by atoms with Crippen molar-refractivity contribution in [3.05, 3.63) is 33.6 Å². The van der Waals surface area contributed by atoms with E-state index >= 15 is 0 Å². The van der Waals surface area contributed by atoms with Crippen molar-refractivity contribution in [2.75, 3.05) is 12.0 Å². The van der Waals surface area contributed by atoms with Crippen LogP contribution < -0.4 is 0 Å². The lowest BCUT2D eigenvalue weighted by atomic mass is 10.1. The molecule has 1 N–H and O–H groups in total. The van der Waals surface area contributed by atoms with Gasteiger partial charge in [0.05, 0.1) is 16.9 Å². The number of sulfone groups is 1. The molecule has 0 heterocycles. The Morgan fingerprint density at radius 3 is 2.50 bits per heavy atom. The summed E-state index contributed by atoms with van der Waals surface area (Å²) in [6.07, 6.45) is -0.536. The van der Waals surface area contributed by atoms with Gasteiger partial charge in [-0.1, -0.05) is 23.2 Å². The van der Waals surface area contributed by atoms with Crippen LogP contribution in [0.2, 0.25) is 10.0 Å². The number of rotatable bonds is 3. The number of benzene rings is 1. The molecule has 0 aliphatic heterocycles. The Morgan fingerprint density at radius 2 is 2.00 bits per heavy atom. The fourth-order valence-corrected chi connectivity index (χ4v) is 2.46. The minimum atomic E-state index is -3.42. The molecule has 1 aromatic rings.